The van der Waals surface area contributed by atoms with Crippen LogP contribution in [0.1, 0.15) is 43.2 Å². The van der Waals surface area contributed by atoms with Gasteiger partial charge in [0.05, 0.1) is 0 Å². The van der Waals surface area contributed by atoms with Crippen LogP contribution in [0.25, 0.3) is 10.8 Å². The van der Waals surface area contributed by atoms with Crippen molar-refractivity contribution in [2.45, 2.75) is 38.5 Å². The maximum Gasteiger partial charge on any atom is 0.261 e. The highest BCUT2D eigenvalue weighted by molar-refractivity contribution is 7.90. The fourth-order valence-electron chi connectivity index (χ4n) is 4.44. The number of hydrogen-bond donors (Lipinski definition) is 2. The summed E-state index contributed by atoms with van der Waals surface area (Å²) >= 11 is 0.470. The summed E-state index contributed by atoms with van der Waals surface area (Å²) in [7, 11) is 0. The number of hydrogen-bond acceptors (Lipinski definition) is 7. The lowest BCUT2D eigenvalue weighted by Crippen LogP contribution is -2.32. The number of rotatable bonds is 4. The van der Waals surface area contributed by atoms with Crippen LogP contribution in [0.4, 0.5) is 0 Å². The van der Waals surface area contributed by atoms with Gasteiger partial charge in [0.25, 0.3) is 12.3 Å². The summed E-state index contributed by atoms with van der Waals surface area (Å²) in [4.78, 5) is 12.3. The molecule has 2 aromatic carbocycles. The van der Waals surface area contributed by atoms with Crippen LogP contribution >= 0.6 is 12.3 Å². The molecule has 2 atom stereocenters. The second kappa shape index (κ2) is 6.17. The predicted octanol–water partition coefficient (Wildman–Crippen LogP) is 4.31. The van der Waals surface area contributed by atoms with Gasteiger partial charge in [0.2, 0.25) is 0 Å². The van der Waals surface area contributed by atoms with E-state index in [4.69, 9.17) is 9.44 Å². The molecule has 2 aliphatic carbocycles. The molecule has 2 aliphatic rings. The summed E-state index contributed by atoms with van der Waals surface area (Å²) < 4.78 is 9.40. The fourth-order valence-corrected chi connectivity index (χ4v) is 4.68. The first-order chi connectivity index (χ1) is 12.0. The molecule has 0 aliphatic heterocycles. The van der Waals surface area contributed by atoms with Crippen LogP contribution in [0, 0.1) is 5.41 Å². The van der Waals surface area contributed by atoms with Gasteiger partial charge in [-0.2, -0.15) is 0 Å². The first-order valence-corrected chi connectivity index (χ1v) is 8.84. The van der Waals surface area contributed by atoms with E-state index in [1.807, 2.05) is 12.1 Å². The standard InChI is InChI=1S/C18H18O6S/c1-18-7-6-12-11-3-2-10(22-25-24-23-21)8-14(11)16(19)9-13(12)15(18)4-5-17(18)20/h2-3,8-9,15,19,21H,4-7H2,1H3. The summed E-state index contributed by atoms with van der Waals surface area (Å²) in [6.45, 7) is 2.06. The lowest BCUT2D eigenvalue weighted by molar-refractivity contribution is -0.433. The minimum atomic E-state index is -0.297. The van der Waals surface area contributed by atoms with Crippen molar-refractivity contribution in [2.24, 2.45) is 5.41 Å². The minimum Gasteiger partial charge on any atom is -0.507 e. The van der Waals surface area contributed by atoms with E-state index < -0.39 is 0 Å². The number of benzene rings is 2. The molecule has 132 valence electrons. The molecule has 0 aromatic heterocycles. The Bertz CT molecular complexity index is 851. The Labute approximate surface area is 149 Å². The van der Waals surface area contributed by atoms with Gasteiger partial charge in [-0.15, -0.1) is 0 Å². The van der Waals surface area contributed by atoms with Gasteiger partial charge in [0, 0.05) is 17.2 Å². The molecule has 0 bridgehead atoms. The van der Waals surface area contributed by atoms with E-state index in [0.29, 0.717) is 35.7 Å². The number of aryl methyl sites for hydroxylation is 1. The molecule has 6 nitrogen and oxygen atoms in total. The third-order valence-electron chi connectivity index (χ3n) is 5.76. The highest BCUT2D eigenvalue weighted by Gasteiger charge is 2.49. The maximum absolute atomic E-state index is 12.3. The van der Waals surface area contributed by atoms with Crippen molar-refractivity contribution in [3.8, 4) is 11.5 Å². The number of phenols is 1. The number of ketones is 1. The van der Waals surface area contributed by atoms with Gasteiger partial charge < -0.3 is 9.29 Å². The van der Waals surface area contributed by atoms with Gasteiger partial charge in [-0.1, -0.05) is 22.4 Å². The Morgan fingerprint density at radius 3 is 2.88 bits per heavy atom. The molecule has 7 heteroatoms. The third-order valence-corrected chi connectivity index (χ3v) is 6.13. The monoisotopic (exact) mass is 362 g/mol. The molecule has 2 N–H and O–H groups in total. The Kier molecular flexibility index (Phi) is 4.11. The Hall–Kier alpha value is -1.80. The fraction of sp³-hybridized carbons (Fsp3) is 0.389. The van der Waals surface area contributed by atoms with Crippen molar-refractivity contribution < 1.29 is 28.7 Å². The van der Waals surface area contributed by atoms with E-state index in [1.165, 1.54) is 5.56 Å². The molecule has 0 amide bonds. The number of fused-ring (bicyclic) bond motifs is 5. The maximum atomic E-state index is 12.3. The summed E-state index contributed by atoms with van der Waals surface area (Å²) in [5, 5.41) is 23.8. The average Bonchev–Trinajstić information content (AvgIpc) is 2.91. The van der Waals surface area contributed by atoms with Gasteiger partial charge in [-0.05, 0) is 59.9 Å². The van der Waals surface area contributed by atoms with Crippen LogP contribution in [-0.2, 0) is 20.6 Å². The van der Waals surface area contributed by atoms with Gasteiger partial charge in [-0.3, -0.25) is 4.79 Å². The largest absolute Gasteiger partial charge is 0.507 e. The Morgan fingerprint density at radius 1 is 1.24 bits per heavy atom. The van der Waals surface area contributed by atoms with Crippen LogP contribution in [0.3, 0.4) is 0 Å². The lowest BCUT2D eigenvalue weighted by atomic mass is 9.66. The summed E-state index contributed by atoms with van der Waals surface area (Å²) in [5.74, 6) is 1.16. The van der Waals surface area contributed by atoms with Gasteiger partial charge in [-0.25, -0.2) is 5.26 Å². The number of phenolic OH excluding ortho intramolecular Hbond substituents is 1. The van der Waals surface area contributed by atoms with Gasteiger partial charge >= 0.3 is 0 Å². The zero-order valence-corrected chi connectivity index (χ0v) is 14.5. The summed E-state index contributed by atoms with van der Waals surface area (Å²) in [6, 6.07) is 7.20. The molecule has 4 rings (SSSR count). The summed E-state index contributed by atoms with van der Waals surface area (Å²) in [5.41, 5.74) is 2.01. The second-order valence-electron chi connectivity index (χ2n) is 6.90. The van der Waals surface area contributed by atoms with Crippen LogP contribution < -0.4 is 4.18 Å². The van der Waals surface area contributed by atoms with E-state index in [1.54, 1.807) is 12.1 Å². The van der Waals surface area contributed by atoms with Crippen LogP contribution in [0.15, 0.2) is 24.3 Å². The molecule has 25 heavy (non-hydrogen) atoms. The van der Waals surface area contributed by atoms with Crippen LogP contribution in [0.5, 0.6) is 11.5 Å². The van der Waals surface area contributed by atoms with E-state index >= 15 is 0 Å². The number of Topliss-reactive ketones (excluding diaryl/α,β-unsaturated/α-hetero) is 1. The topological polar surface area (TPSA) is 85.2 Å². The van der Waals surface area contributed by atoms with E-state index in [0.717, 1.165) is 30.2 Å². The Morgan fingerprint density at radius 2 is 2.08 bits per heavy atom. The average molecular weight is 362 g/mol. The van der Waals surface area contributed by atoms with Crippen molar-refractivity contribution in [3.05, 3.63) is 35.4 Å². The zero-order chi connectivity index (χ0) is 17.6. The molecule has 0 heterocycles. The van der Waals surface area contributed by atoms with Crippen LogP contribution in [-0.4, -0.2) is 16.1 Å². The highest BCUT2D eigenvalue weighted by atomic mass is 32.2. The van der Waals surface area contributed by atoms with E-state index in [2.05, 4.69) is 16.3 Å². The molecule has 2 aromatic rings. The molecule has 0 spiro atoms. The van der Waals surface area contributed by atoms with Gasteiger partial charge in [0.15, 0.2) is 0 Å². The van der Waals surface area contributed by atoms with Crippen molar-refractivity contribution in [3.63, 3.8) is 0 Å². The highest BCUT2D eigenvalue weighted by Crippen LogP contribution is 2.55. The van der Waals surface area contributed by atoms with Crippen molar-refractivity contribution in [1.29, 1.82) is 0 Å². The van der Waals surface area contributed by atoms with E-state index in [-0.39, 0.29) is 17.1 Å². The van der Waals surface area contributed by atoms with E-state index in [9.17, 15) is 9.90 Å². The summed E-state index contributed by atoms with van der Waals surface area (Å²) in [6.07, 6.45) is 3.14. The molecule has 0 radical (unpaired) electrons. The Balaban J connectivity index is 1.77. The SMILES string of the molecule is CC12CCc3c(cc(O)c4cc(OSOOO)ccc34)C1CCC2=O. The molecule has 1 fully saturated rings. The van der Waals surface area contributed by atoms with Crippen molar-refractivity contribution in [2.75, 3.05) is 0 Å². The molecule has 0 saturated heterocycles. The number of aromatic hydroxyl groups is 1. The zero-order valence-electron chi connectivity index (χ0n) is 13.7. The van der Waals surface area contributed by atoms with Gasteiger partial charge in [0.1, 0.15) is 17.3 Å². The molecule has 1 saturated carbocycles. The normalized spacial score (nSPS) is 25.0. The molecular formula is C18H18O6S. The van der Waals surface area contributed by atoms with Crippen molar-refractivity contribution >= 4 is 28.9 Å². The first kappa shape index (κ1) is 16.7. The molecular weight excluding hydrogens is 344 g/mol. The first-order valence-electron chi connectivity index (χ1n) is 8.18. The lowest BCUT2D eigenvalue weighted by Gasteiger charge is -2.37. The van der Waals surface area contributed by atoms with Crippen molar-refractivity contribution in [1.82, 2.24) is 0 Å². The number of carbonyl (C=O) groups excluding carboxylic acids is 1. The quantitative estimate of drug-likeness (QED) is 0.363. The number of carbonyl (C=O) groups is 1. The predicted molar refractivity (Wildman–Crippen MR) is 92.0 cm³/mol. The minimum absolute atomic E-state index is 0.173. The molecule has 2 unspecified atom stereocenters. The second-order valence-corrected chi connectivity index (χ2v) is 7.34. The third kappa shape index (κ3) is 2.58. The van der Waals surface area contributed by atoms with Crippen LogP contribution in [0.2, 0.25) is 0 Å². The smallest absolute Gasteiger partial charge is 0.261 e.